The van der Waals surface area contributed by atoms with Crippen molar-refractivity contribution in [2.45, 2.75) is 38.6 Å². The second-order valence-electron chi connectivity index (χ2n) is 6.66. The number of hydrogen-bond donors (Lipinski definition) is 2. The van der Waals surface area contributed by atoms with Crippen molar-refractivity contribution in [1.82, 2.24) is 15.1 Å². The summed E-state index contributed by atoms with van der Waals surface area (Å²) in [4.78, 5) is 23.5. The summed E-state index contributed by atoms with van der Waals surface area (Å²) in [5, 5.41) is 16.9. The number of halogens is 1. The molecule has 3 rings (SSSR count). The molecular weight excluding hydrogens is 342 g/mol. The average molecular weight is 362 g/mol. The number of nitrogens with zero attached hydrogens (tertiary/aromatic N) is 2. The summed E-state index contributed by atoms with van der Waals surface area (Å²) in [5.41, 5.74) is 2.17. The van der Waals surface area contributed by atoms with E-state index < -0.39 is 5.97 Å². The zero-order chi connectivity index (χ0) is 18.1. The largest absolute Gasteiger partial charge is 0.481 e. The third-order valence-electron chi connectivity index (χ3n) is 4.49. The number of carbonyl (C=O) groups is 2. The van der Waals surface area contributed by atoms with E-state index in [1.165, 1.54) is 0 Å². The standard InChI is InChI=1S/C18H20ClN3O3/c1-10(2)16-15(17(23)21-13-7-11(8-13)18(24)25)9-20-22(16)14-5-3-12(19)4-6-14/h3-6,9-11,13H,7-8H2,1-2H3,(H,21,23)(H,24,25). The van der Waals surface area contributed by atoms with Gasteiger partial charge in [0.05, 0.1) is 29.1 Å². The van der Waals surface area contributed by atoms with E-state index in [4.69, 9.17) is 16.7 Å². The van der Waals surface area contributed by atoms with Crippen molar-refractivity contribution in [3.63, 3.8) is 0 Å². The number of carboxylic acids is 1. The number of amides is 1. The maximum Gasteiger partial charge on any atom is 0.306 e. The number of hydrogen-bond acceptors (Lipinski definition) is 3. The van der Waals surface area contributed by atoms with E-state index >= 15 is 0 Å². The van der Waals surface area contributed by atoms with Crippen LogP contribution in [-0.2, 0) is 4.79 Å². The molecule has 0 atom stereocenters. The van der Waals surface area contributed by atoms with E-state index in [1.54, 1.807) is 23.0 Å². The minimum absolute atomic E-state index is 0.0899. The smallest absolute Gasteiger partial charge is 0.306 e. The molecule has 6 nitrogen and oxygen atoms in total. The van der Waals surface area contributed by atoms with Gasteiger partial charge < -0.3 is 10.4 Å². The zero-order valence-electron chi connectivity index (χ0n) is 14.1. The van der Waals surface area contributed by atoms with Gasteiger partial charge in [-0.25, -0.2) is 4.68 Å². The molecule has 1 aromatic heterocycles. The van der Waals surface area contributed by atoms with Gasteiger partial charge in [0, 0.05) is 11.1 Å². The van der Waals surface area contributed by atoms with Crippen molar-refractivity contribution >= 4 is 23.5 Å². The fourth-order valence-corrected chi connectivity index (χ4v) is 3.20. The highest BCUT2D eigenvalue weighted by Gasteiger charge is 2.36. The number of nitrogens with one attached hydrogen (secondary N) is 1. The number of aliphatic carboxylic acids is 1. The summed E-state index contributed by atoms with van der Waals surface area (Å²) >= 11 is 5.94. The van der Waals surface area contributed by atoms with E-state index in [9.17, 15) is 9.59 Å². The number of rotatable bonds is 5. The quantitative estimate of drug-likeness (QED) is 0.856. The fourth-order valence-electron chi connectivity index (χ4n) is 3.08. The van der Waals surface area contributed by atoms with Gasteiger partial charge in [-0.3, -0.25) is 9.59 Å². The number of benzene rings is 1. The van der Waals surface area contributed by atoms with Gasteiger partial charge in [0.2, 0.25) is 0 Å². The van der Waals surface area contributed by atoms with Gasteiger partial charge in [0.25, 0.3) is 5.91 Å². The Hall–Kier alpha value is -2.34. The van der Waals surface area contributed by atoms with Crippen molar-refractivity contribution in [1.29, 1.82) is 0 Å². The van der Waals surface area contributed by atoms with Gasteiger partial charge in [0.15, 0.2) is 0 Å². The average Bonchev–Trinajstić information content (AvgIpc) is 2.95. The molecule has 1 fully saturated rings. The van der Waals surface area contributed by atoms with Crippen LogP contribution in [0, 0.1) is 5.92 Å². The predicted octanol–water partition coefficient (Wildman–Crippen LogP) is 3.24. The molecule has 0 saturated heterocycles. The van der Waals surface area contributed by atoms with Crippen molar-refractivity contribution < 1.29 is 14.7 Å². The monoisotopic (exact) mass is 361 g/mol. The third-order valence-corrected chi connectivity index (χ3v) is 4.74. The van der Waals surface area contributed by atoms with Gasteiger partial charge in [0.1, 0.15) is 0 Å². The van der Waals surface area contributed by atoms with Crippen LogP contribution in [0.2, 0.25) is 5.02 Å². The lowest BCUT2D eigenvalue weighted by Gasteiger charge is -2.32. The second kappa shape index (κ2) is 6.88. The first kappa shape index (κ1) is 17.5. The van der Waals surface area contributed by atoms with Crippen LogP contribution >= 0.6 is 11.6 Å². The highest BCUT2D eigenvalue weighted by molar-refractivity contribution is 6.30. The molecule has 0 aliphatic heterocycles. The van der Waals surface area contributed by atoms with Gasteiger partial charge >= 0.3 is 5.97 Å². The van der Waals surface area contributed by atoms with Crippen LogP contribution < -0.4 is 5.32 Å². The first-order chi connectivity index (χ1) is 11.9. The Bertz CT molecular complexity index is 792. The predicted molar refractivity (Wildman–Crippen MR) is 94.3 cm³/mol. The van der Waals surface area contributed by atoms with E-state index in [0.717, 1.165) is 11.4 Å². The van der Waals surface area contributed by atoms with Crippen molar-refractivity contribution in [3.8, 4) is 5.69 Å². The first-order valence-electron chi connectivity index (χ1n) is 8.24. The first-order valence-corrected chi connectivity index (χ1v) is 8.62. The molecule has 0 spiro atoms. The van der Waals surface area contributed by atoms with Gasteiger partial charge in [-0.05, 0) is 43.0 Å². The molecule has 1 aliphatic carbocycles. The highest BCUT2D eigenvalue weighted by Crippen LogP contribution is 2.29. The Morgan fingerprint density at radius 3 is 2.48 bits per heavy atom. The minimum atomic E-state index is -0.802. The number of aromatic nitrogens is 2. The van der Waals surface area contributed by atoms with Crippen LogP contribution in [0.1, 0.15) is 48.7 Å². The maximum atomic E-state index is 12.6. The normalized spacial score (nSPS) is 19.5. The Morgan fingerprint density at radius 1 is 1.28 bits per heavy atom. The Balaban J connectivity index is 1.81. The van der Waals surface area contributed by atoms with Crippen molar-refractivity contribution in [3.05, 3.63) is 46.7 Å². The molecular formula is C18H20ClN3O3. The topological polar surface area (TPSA) is 84.2 Å². The SMILES string of the molecule is CC(C)c1c(C(=O)NC2CC(C(=O)O)C2)cnn1-c1ccc(Cl)cc1. The van der Waals surface area contributed by atoms with Crippen LogP contribution in [0.3, 0.4) is 0 Å². The number of carbonyl (C=O) groups excluding carboxylic acids is 1. The van der Waals surface area contributed by atoms with Gasteiger partial charge in [-0.1, -0.05) is 25.4 Å². The number of carboxylic acid groups (broad SMARTS) is 1. The second-order valence-corrected chi connectivity index (χ2v) is 7.10. The summed E-state index contributed by atoms with van der Waals surface area (Å²) in [6, 6.07) is 7.18. The van der Waals surface area contributed by atoms with Gasteiger partial charge in [-0.2, -0.15) is 5.10 Å². The fraction of sp³-hybridized carbons (Fsp3) is 0.389. The molecule has 1 aliphatic rings. The van der Waals surface area contributed by atoms with Crippen molar-refractivity contribution in [2.75, 3.05) is 0 Å². The van der Waals surface area contributed by atoms with Crippen LogP contribution in [0.15, 0.2) is 30.5 Å². The molecule has 2 aromatic rings. The molecule has 0 radical (unpaired) electrons. The molecule has 7 heteroatoms. The van der Waals surface area contributed by atoms with Crippen LogP contribution in [-0.4, -0.2) is 32.8 Å². The molecule has 2 N–H and O–H groups in total. The molecule has 1 saturated carbocycles. The maximum absolute atomic E-state index is 12.6. The molecule has 1 aromatic carbocycles. The molecule has 0 unspecified atom stereocenters. The van der Waals surface area contributed by atoms with E-state index in [2.05, 4.69) is 10.4 Å². The van der Waals surface area contributed by atoms with Crippen LogP contribution in [0.4, 0.5) is 0 Å². The molecule has 0 bridgehead atoms. The molecule has 1 heterocycles. The summed E-state index contributed by atoms with van der Waals surface area (Å²) in [5.74, 6) is -1.28. The summed E-state index contributed by atoms with van der Waals surface area (Å²) in [7, 11) is 0. The Labute approximate surface area is 150 Å². The molecule has 25 heavy (non-hydrogen) atoms. The minimum Gasteiger partial charge on any atom is -0.481 e. The van der Waals surface area contributed by atoms with Gasteiger partial charge in [-0.15, -0.1) is 0 Å². The van der Waals surface area contributed by atoms with E-state index in [0.29, 0.717) is 23.4 Å². The lowest BCUT2D eigenvalue weighted by Crippen LogP contribution is -2.46. The molecule has 1 amide bonds. The molecule has 132 valence electrons. The van der Waals surface area contributed by atoms with Crippen LogP contribution in [0.25, 0.3) is 5.69 Å². The summed E-state index contributed by atoms with van der Waals surface area (Å²) in [6.07, 6.45) is 2.51. The Kier molecular flexibility index (Phi) is 4.81. The van der Waals surface area contributed by atoms with Crippen molar-refractivity contribution in [2.24, 2.45) is 5.92 Å². The lowest BCUT2D eigenvalue weighted by atomic mass is 9.80. The third kappa shape index (κ3) is 3.54. The summed E-state index contributed by atoms with van der Waals surface area (Å²) < 4.78 is 1.75. The summed E-state index contributed by atoms with van der Waals surface area (Å²) in [6.45, 7) is 4.01. The highest BCUT2D eigenvalue weighted by atomic mass is 35.5. The van der Waals surface area contributed by atoms with Crippen LogP contribution in [0.5, 0.6) is 0 Å². The lowest BCUT2D eigenvalue weighted by molar-refractivity contribution is -0.145. The zero-order valence-corrected chi connectivity index (χ0v) is 14.8. The Morgan fingerprint density at radius 2 is 1.92 bits per heavy atom. The van der Waals surface area contributed by atoms with E-state index in [1.807, 2.05) is 26.0 Å². The van der Waals surface area contributed by atoms with E-state index in [-0.39, 0.29) is 23.8 Å².